The summed E-state index contributed by atoms with van der Waals surface area (Å²) in [6, 6.07) is 9.01. The van der Waals surface area contributed by atoms with Crippen LogP contribution in [0.3, 0.4) is 0 Å². The second kappa shape index (κ2) is 6.64. The van der Waals surface area contributed by atoms with Crippen molar-refractivity contribution in [3.8, 4) is 11.5 Å². The zero-order valence-corrected chi connectivity index (χ0v) is 14.0. The van der Waals surface area contributed by atoms with Crippen molar-refractivity contribution >= 4 is 17.2 Å². The summed E-state index contributed by atoms with van der Waals surface area (Å²) in [4.78, 5) is 24.8. The normalized spacial score (nSPS) is 10.7. The first-order chi connectivity index (χ1) is 12.7. The third kappa shape index (κ3) is 3.10. The van der Waals surface area contributed by atoms with Crippen molar-refractivity contribution in [2.45, 2.75) is 6.92 Å². The Balaban J connectivity index is 1.54. The highest BCUT2D eigenvalue weighted by Crippen LogP contribution is 2.27. The minimum atomic E-state index is -0.316. The van der Waals surface area contributed by atoms with E-state index in [0.717, 1.165) is 5.56 Å². The molecule has 4 aromatic rings. The maximum absolute atomic E-state index is 12.5. The van der Waals surface area contributed by atoms with Gasteiger partial charge in [-0.15, -0.1) is 0 Å². The van der Waals surface area contributed by atoms with Crippen molar-refractivity contribution in [2.24, 2.45) is 0 Å². The van der Waals surface area contributed by atoms with E-state index in [1.54, 1.807) is 59.8 Å². The number of ether oxygens (including phenoxy) is 1. The number of hydrogen-bond donors (Lipinski definition) is 1. The molecule has 3 aromatic heterocycles. The molecule has 0 radical (unpaired) electrons. The van der Waals surface area contributed by atoms with E-state index in [1.165, 1.54) is 0 Å². The molecule has 128 valence electrons. The van der Waals surface area contributed by atoms with Crippen LogP contribution in [0.1, 0.15) is 16.1 Å². The number of aromatic nitrogens is 4. The molecule has 3 heterocycles. The maximum Gasteiger partial charge on any atom is 0.278 e. The molecular formula is C19H15N5O2. The third-order valence-corrected chi connectivity index (χ3v) is 3.84. The average Bonchev–Trinajstić information content (AvgIpc) is 3.13. The van der Waals surface area contributed by atoms with Crippen molar-refractivity contribution in [1.82, 2.24) is 19.4 Å². The number of pyridine rings is 1. The molecular weight excluding hydrogens is 330 g/mol. The van der Waals surface area contributed by atoms with E-state index in [-0.39, 0.29) is 11.6 Å². The molecule has 0 saturated heterocycles. The van der Waals surface area contributed by atoms with Gasteiger partial charge in [-0.25, -0.2) is 9.97 Å². The van der Waals surface area contributed by atoms with Crippen molar-refractivity contribution in [3.05, 3.63) is 78.8 Å². The topological polar surface area (TPSA) is 81.4 Å². The summed E-state index contributed by atoms with van der Waals surface area (Å²) in [6.45, 7) is 1.92. The van der Waals surface area contributed by atoms with Crippen molar-refractivity contribution in [3.63, 3.8) is 0 Å². The zero-order valence-electron chi connectivity index (χ0n) is 14.0. The molecule has 1 aromatic carbocycles. The number of hydrogen-bond acceptors (Lipinski definition) is 5. The van der Waals surface area contributed by atoms with Gasteiger partial charge in [-0.1, -0.05) is 0 Å². The lowest BCUT2D eigenvalue weighted by Gasteiger charge is -2.11. The van der Waals surface area contributed by atoms with Crippen LogP contribution in [0.2, 0.25) is 0 Å². The molecule has 0 spiro atoms. The van der Waals surface area contributed by atoms with Crippen LogP contribution in [0.5, 0.6) is 11.5 Å². The highest BCUT2D eigenvalue weighted by Gasteiger charge is 2.14. The van der Waals surface area contributed by atoms with E-state index >= 15 is 0 Å². The van der Waals surface area contributed by atoms with Gasteiger partial charge in [0.1, 0.15) is 11.5 Å². The fourth-order valence-corrected chi connectivity index (χ4v) is 2.58. The Kier molecular flexibility index (Phi) is 4.03. The molecule has 0 saturated carbocycles. The number of carbonyl (C=O) groups excluding carboxylic acids is 1. The lowest BCUT2D eigenvalue weighted by atomic mass is 10.2. The van der Waals surface area contributed by atoms with Gasteiger partial charge in [0.05, 0.1) is 0 Å². The van der Waals surface area contributed by atoms with E-state index in [4.69, 9.17) is 4.74 Å². The highest BCUT2D eigenvalue weighted by atomic mass is 16.5. The van der Waals surface area contributed by atoms with Crippen molar-refractivity contribution in [2.75, 3.05) is 5.32 Å². The first kappa shape index (κ1) is 15.8. The van der Waals surface area contributed by atoms with Gasteiger partial charge in [0.15, 0.2) is 11.3 Å². The van der Waals surface area contributed by atoms with Crippen LogP contribution < -0.4 is 10.1 Å². The summed E-state index contributed by atoms with van der Waals surface area (Å²) in [5.41, 5.74) is 2.34. The van der Waals surface area contributed by atoms with Crippen LogP contribution in [-0.2, 0) is 0 Å². The predicted octanol–water partition coefficient (Wildman–Crippen LogP) is 3.48. The van der Waals surface area contributed by atoms with Gasteiger partial charge in [0, 0.05) is 42.9 Å². The Morgan fingerprint density at radius 2 is 1.81 bits per heavy atom. The fraction of sp³-hybridized carbons (Fsp3) is 0.0526. The molecule has 0 atom stereocenters. The Hall–Kier alpha value is -3.74. The minimum absolute atomic E-state index is 0.271. The van der Waals surface area contributed by atoms with Crippen LogP contribution in [0, 0.1) is 6.92 Å². The molecule has 0 unspecified atom stereocenters. The average molecular weight is 345 g/mol. The number of nitrogens with one attached hydrogen (secondary N) is 1. The molecule has 26 heavy (non-hydrogen) atoms. The number of benzene rings is 1. The Morgan fingerprint density at radius 3 is 2.58 bits per heavy atom. The smallest absolute Gasteiger partial charge is 0.278 e. The van der Waals surface area contributed by atoms with Crippen LogP contribution >= 0.6 is 0 Å². The van der Waals surface area contributed by atoms with E-state index in [2.05, 4.69) is 20.3 Å². The van der Waals surface area contributed by atoms with E-state index in [1.807, 2.05) is 19.1 Å². The summed E-state index contributed by atoms with van der Waals surface area (Å²) < 4.78 is 7.57. The molecule has 1 N–H and O–H groups in total. The standard InChI is InChI=1S/C19H15N5O2/c1-13-12-14(2-3-16(13)26-15-4-6-20-7-5-15)23-19(25)17-18-22-9-11-24(18)10-8-21-17/h2-12H,1H3,(H,23,25). The van der Waals surface area contributed by atoms with E-state index in [9.17, 15) is 4.79 Å². The maximum atomic E-state index is 12.5. The zero-order chi connectivity index (χ0) is 17.9. The quantitative estimate of drug-likeness (QED) is 0.612. The third-order valence-electron chi connectivity index (χ3n) is 3.84. The van der Waals surface area contributed by atoms with Crippen molar-refractivity contribution < 1.29 is 9.53 Å². The van der Waals surface area contributed by atoms with Gasteiger partial charge in [0.2, 0.25) is 0 Å². The number of imidazole rings is 1. The first-order valence-electron chi connectivity index (χ1n) is 7.98. The number of rotatable bonds is 4. The van der Waals surface area contributed by atoms with E-state index < -0.39 is 0 Å². The molecule has 0 fully saturated rings. The molecule has 7 heteroatoms. The summed E-state index contributed by atoms with van der Waals surface area (Å²) >= 11 is 0. The van der Waals surface area contributed by atoms with Crippen LogP contribution in [0.4, 0.5) is 5.69 Å². The first-order valence-corrected chi connectivity index (χ1v) is 7.98. The lowest BCUT2D eigenvalue weighted by Crippen LogP contribution is -2.15. The molecule has 1 amide bonds. The number of carbonyl (C=O) groups is 1. The van der Waals surface area contributed by atoms with Crippen LogP contribution in [0.15, 0.2) is 67.5 Å². The molecule has 7 nitrogen and oxygen atoms in total. The molecule has 0 aliphatic carbocycles. The van der Waals surface area contributed by atoms with Gasteiger partial charge in [-0.05, 0) is 42.8 Å². The van der Waals surface area contributed by atoms with Gasteiger partial charge >= 0.3 is 0 Å². The number of fused-ring (bicyclic) bond motifs is 1. The second-order valence-electron chi connectivity index (χ2n) is 5.65. The Bertz CT molecular complexity index is 1080. The molecule has 4 rings (SSSR count). The van der Waals surface area contributed by atoms with Gasteiger partial charge in [-0.2, -0.15) is 0 Å². The van der Waals surface area contributed by atoms with E-state index in [0.29, 0.717) is 22.8 Å². The van der Waals surface area contributed by atoms with Crippen molar-refractivity contribution in [1.29, 1.82) is 0 Å². The molecule has 0 aliphatic rings. The number of nitrogens with zero attached hydrogens (tertiary/aromatic N) is 4. The summed E-state index contributed by atoms with van der Waals surface area (Å²) in [5, 5.41) is 2.85. The molecule has 0 bridgehead atoms. The largest absolute Gasteiger partial charge is 0.457 e. The van der Waals surface area contributed by atoms with Crippen LogP contribution in [-0.4, -0.2) is 25.3 Å². The minimum Gasteiger partial charge on any atom is -0.457 e. The number of anilines is 1. The highest BCUT2D eigenvalue weighted by molar-refractivity contribution is 6.06. The Labute approximate surface area is 149 Å². The van der Waals surface area contributed by atoms with Gasteiger partial charge < -0.3 is 14.5 Å². The molecule has 0 aliphatic heterocycles. The number of amides is 1. The second-order valence-corrected chi connectivity index (χ2v) is 5.65. The monoisotopic (exact) mass is 345 g/mol. The number of aryl methyl sites for hydroxylation is 1. The predicted molar refractivity (Wildman–Crippen MR) is 96.4 cm³/mol. The Morgan fingerprint density at radius 1 is 1.04 bits per heavy atom. The fourth-order valence-electron chi connectivity index (χ4n) is 2.58. The summed E-state index contributed by atoms with van der Waals surface area (Å²) in [7, 11) is 0. The SMILES string of the molecule is Cc1cc(NC(=O)c2nccn3ccnc23)ccc1Oc1ccncc1. The van der Waals surface area contributed by atoms with Gasteiger partial charge in [0.25, 0.3) is 5.91 Å². The summed E-state index contributed by atoms with van der Waals surface area (Å²) in [6.07, 6.45) is 10.0. The van der Waals surface area contributed by atoms with Crippen LogP contribution in [0.25, 0.3) is 5.65 Å². The van der Waals surface area contributed by atoms with Gasteiger partial charge in [-0.3, -0.25) is 9.78 Å². The summed E-state index contributed by atoms with van der Waals surface area (Å²) in [5.74, 6) is 1.10. The lowest BCUT2D eigenvalue weighted by molar-refractivity contribution is 0.102.